The summed E-state index contributed by atoms with van der Waals surface area (Å²) in [4.78, 5) is 2.45. The number of rotatable bonds is 3. The maximum atomic E-state index is 4.83. The first-order valence-corrected chi connectivity index (χ1v) is 9.96. The van der Waals surface area contributed by atoms with Crippen LogP contribution in [0.2, 0.25) is 0 Å². The monoisotopic (exact) mass is 371 g/mol. The van der Waals surface area contributed by atoms with Crippen molar-refractivity contribution >= 4 is 17.0 Å². The lowest BCUT2D eigenvalue weighted by Crippen LogP contribution is -2.33. The Morgan fingerprint density at radius 3 is 2.50 bits per heavy atom. The van der Waals surface area contributed by atoms with E-state index in [1.165, 1.54) is 0 Å². The van der Waals surface area contributed by atoms with Crippen LogP contribution < -0.4 is 0 Å². The van der Waals surface area contributed by atoms with Crippen LogP contribution in [0.5, 0.6) is 0 Å². The second-order valence-electron chi connectivity index (χ2n) is 8.06. The van der Waals surface area contributed by atoms with Gasteiger partial charge in [-0.15, -0.1) is 31.7 Å². The number of likely N-dealkylation sites (tertiary alicyclic amines) is 1. The first kappa shape index (κ1) is 17.5. The molecule has 3 aromatic heterocycles. The Hall–Kier alpha value is -1.93. The van der Waals surface area contributed by atoms with Crippen LogP contribution in [0, 0.1) is 6.92 Å². The zero-order valence-electron chi connectivity index (χ0n) is 15.8. The minimum absolute atomic E-state index is 0.0129. The van der Waals surface area contributed by atoms with Crippen molar-refractivity contribution in [2.75, 3.05) is 13.1 Å². The molecule has 1 aliphatic heterocycles. The zero-order chi connectivity index (χ0) is 18.3. The van der Waals surface area contributed by atoms with E-state index < -0.39 is 0 Å². The van der Waals surface area contributed by atoms with Crippen molar-refractivity contribution in [3.05, 3.63) is 33.7 Å². The molecule has 3 aromatic rings. The Bertz CT molecular complexity index is 900. The average molecular weight is 372 g/mol. The maximum absolute atomic E-state index is 4.83. The molecule has 1 aliphatic rings. The number of hydrogen-bond donors (Lipinski definition) is 0. The number of aromatic nitrogens is 6. The quantitative estimate of drug-likeness (QED) is 0.705. The number of piperidine rings is 1. The van der Waals surface area contributed by atoms with Gasteiger partial charge in [-0.3, -0.25) is 4.90 Å². The van der Waals surface area contributed by atoms with Gasteiger partial charge in [0.1, 0.15) is 10.0 Å². The Balaban J connectivity index is 1.49. The Labute approximate surface area is 157 Å². The highest BCUT2D eigenvalue weighted by atomic mass is 32.1. The van der Waals surface area contributed by atoms with Crippen LogP contribution in [0.3, 0.4) is 0 Å². The van der Waals surface area contributed by atoms with Crippen LogP contribution in [-0.2, 0) is 12.0 Å². The normalized spacial score (nSPS) is 17.2. The van der Waals surface area contributed by atoms with Crippen molar-refractivity contribution in [1.29, 1.82) is 0 Å². The lowest BCUT2D eigenvalue weighted by atomic mass is 9.92. The molecule has 0 bridgehead atoms. The Kier molecular flexibility index (Phi) is 4.48. The van der Waals surface area contributed by atoms with Gasteiger partial charge in [0.15, 0.2) is 11.5 Å². The van der Waals surface area contributed by atoms with E-state index in [1.807, 2.05) is 17.5 Å². The number of hydrogen-bond acceptors (Lipinski definition) is 7. The molecule has 4 rings (SSSR count). The summed E-state index contributed by atoms with van der Waals surface area (Å²) < 4.78 is 1.95. The lowest BCUT2D eigenvalue weighted by molar-refractivity contribution is 0.200. The SMILES string of the molecule is Cc1nnc(CN2CCC(c3nnc4ccc(C(C)(C)C)nn34)CC2)s1. The van der Waals surface area contributed by atoms with E-state index in [1.54, 1.807) is 11.3 Å². The molecular formula is C18H25N7S. The average Bonchev–Trinajstić information content (AvgIpc) is 3.20. The molecule has 1 saturated heterocycles. The van der Waals surface area contributed by atoms with Crippen LogP contribution in [0.25, 0.3) is 5.65 Å². The highest BCUT2D eigenvalue weighted by Crippen LogP contribution is 2.28. The molecule has 7 nitrogen and oxygen atoms in total. The standard InChI is InChI=1S/C18H25N7S/c1-12-19-21-16(26-12)11-24-9-7-13(8-10-24)17-22-20-15-6-5-14(18(2,3)4)23-25(15)17/h5-6,13H,7-11H2,1-4H3. The van der Waals surface area contributed by atoms with Crippen LogP contribution in [0.4, 0.5) is 0 Å². The summed E-state index contributed by atoms with van der Waals surface area (Å²) in [6, 6.07) is 4.08. The molecule has 8 heteroatoms. The maximum Gasteiger partial charge on any atom is 0.177 e. The highest BCUT2D eigenvalue weighted by Gasteiger charge is 2.26. The molecule has 0 aliphatic carbocycles. The Morgan fingerprint density at radius 1 is 1.08 bits per heavy atom. The summed E-state index contributed by atoms with van der Waals surface area (Å²) in [6.07, 6.45) is 2.14. The smallest absolute Gasteiger partial charge is 0.177 e. The number of aryl methyl sites for hydroxylation is 1. The van der Waals surface area contributed by atoms with Crippen molar-refractivity contribution in [3.8, 4) is 0 Å². The van der Waals surface area contributed by atoms with Crippen molar-refractivity contribution in [3.63, 3.8) is 0 Å². The summed E-state index contributed by atoms with van der Waals surface area (Å²) in [5.41, 5.74) is 1.91. The first-order valence-electron chi connectivity index (χ1n) is 9.14. The van der Waals surface area contributed by atoms with Gasteiger partial charge in [-0.1, -0.05) is 20.8 Å². The second kappa shape index (κ2) is 6.66. The highest BCUT2D eigenvalue weighted by molar-refractivity contribution is 7.11. The molecule has 4 heterocycles. The van der Waals surface area contributed by atoms with Gasteiger partial charge < -0.3 is 0 Å². The molecule has 0 radical (unpaired) electrons. The fraction of sp³-hybridized carbons (Fsp3) is 0.611. The lowest BCUT2D eigenvalue weighted by Gasteiger charge is -2.30. The number of fused-ring (bicyclic) bond motifs is 1. The summed E-state index contributed by atoms with van der Waals surface area (Å²) in [5.74, 6) is 1.40. The van der Waals surface area contributed by atoms with Gasteiger partial charge in [0.05, 0.1) is 12.2 Å². The minimum Gasteiger partial charge on any atom is -0.297 e. The van der Waals surface area contributed by atoms with Crippen molar-refractivity contribution in [2.24, 2.45) is 0 Å². The van der Waals surface area contributed by atoms with E-state index in [4.69, 9.17) is 5.10 Å². The molecule has 1 fully saturated rings. The van der Waals surface area contributed by atoms with Gasteiger partial charge in [-0.05, 0) is 45.0 Å². The van der Waals surface area contributed by atoms with Crippen molar-refractivity contribution in [1.82, 2.24) is 34.9 Å². The molecule has 0 N–H and O–H groups in total. The molecule has 0 aromatic carbocycles. The third-order valence-corrected chi connectivity index (χ3v) is 5.76. The van der Waals surface area contributed by atoms with Gasteiger partial charge in [0, 0.05) is 11.3 Å². The third-order valence-electron chi connectivity index (χ3n) is 4.93. The van der Waals surface area contributed by atoms with Crippen LogP contribution in [0.1, 0.15) is 61.1 Å². The van der Waals surface area contributed by atoms with E-state index >= 15 is 0 Å². The molecule has 0 saturated carbocycles. The molecule has 0 amide bonds. The van der Waals surface area contributed by atoms with Crippen LogP contribution >= 0.6 is 11.3 Å². The summed E-state index contributed by atoms with van der Waals surface area (Å²) in [5, 5.41) is 24.1. The molecule has 138 valence electrons. The van der Waals surface area contributed by atoms with E-state index in [0.29, 0.717) is 5.92 Å². The predicted molar refractivity (Wildman–Crippen MR) is 101 cm³/mol. The second-order valence-corrected chi connectivity index (χ2v) is 9.33. The van der Waals surface area contributed by atoms with Gasteiger partial charge in [0.2, 0.25) is 0 Å². The summed E-state index contributed by atoms with van der Waals surface area (Å²) >= 11 is 1.69. The summed E-state index contributed by atoms with van der Waals surface area (Å²) in [7, 11) is 0. The molecular weight excluding hydrogens is 346 g/mol. The van der Waals surface area contributed by atoms with Gasteiger partial charge in [-0.25, -0.2) is 0 Å². The molecule has 26 heavy (non-hydrogen) atoms. The van der Waals surface area contributed by atoms with E-state index in [2.05, 4.69) is 52.1 Å². The zero-order valence-corrected chi connectivity index (χ0v) is 16.6. The van der Waals surface area contributed by atoms with E-state index in [-0.39, 0.29) is 5.41 Å². The Morgan fingerprint density at radius 2 is 1.85 bits per heavy atom. The van der Waals surface area contributed by atoms with E-state index in [0.717, 1.165) is 59.7 Å². The molecule has 0 atom stereocenters. The minimum atomic E-state index is 0.0129. The van der Waals surface area contributed by atoms with Gasteiger partial charge in [-0.2, -0.15) is 9.61 Å². The fourth-order valence-electron chi connectivity index (χ4n) is 3.40. The van der Waals surface area contributed by atoms with Crippen molar-refractivity contribution < 1.29 is 0 Å². The predicted octanol–water partition coefficient (Wildman–Crippen LogP) is 2.96. The number of nitrogens with zero attached hydrogens (tertiary/aromatic N) is 7. The van der Waals surface area contributed by atoms with Gasteiger partial charge >= 0.3 is 0 Å². The van der Waals surface area contributed by atoms with Crippen molar-refractivity contribution in [2.45, 2.75) is 58.4 Å². The third kappa shape index (κ3) is 3.48. The fourth-order valence-corrected chi connectivity index (χ4v) is 4.15. The largest absolute Gasteiger partial charge is 0.297 e. The van der Waals surface area contributed by atoms with Gasteiger partial charge in [0.25, 0.3) is 0 Å². The molecule has 0 unspecified atom stereocenters. The van der Waals surface area contributed by atoms with E-state index in [9.17, 15) is 0 Å². The molecule has 0 spiro atoms. The van der Waals surface area contributed by atoms with Crippen LogP contribution in [-0.4, -0.2) is 48.0 Å². The topological polar surface area (TPSA) is 72.1 Å². The van der Waals surface area contributed by atoms with Crippen LogP contribution in [0.15, 0.2) is 12.1 Å². The first-order chi connectivity index (χ1) is 12.4. The summed E-state index contributed by atoms with van der Waals surface area (Å²) in [6.45, 7) is 11.5.